The minimum Gasteiger partial charge on any atom is -0.691 e. The van der Waals surface area contributed by atoms with E-state index in [0.717, 1.165) is 78.0 Å². The van der Waals surface area contributed by atoms with Crippen molar-refractivity contribution in [2.45, 2.75) is 151 Å². The molecule has 1 aromatic heterocycles. The molecule has 4 saturated heterocycles. The topological polar surface area (TPSA) is 472 Å². The maximum atomic E-state index is 15.1. The van der Waals surface area contributed by atoms with Gasteiger partial charge in [0, 0.05) is 81.8 Å². The van der Waals surface area contributed by atoms with E-state index in [2.05, 4.69) is 46.2 Å². The van der Waals surface area contributed by atoms with Crippen molar-refractivity contribution in [3.8, 4) is 38.4 Å². The number of aliphatic hydroxyl groups is 7. The van der Waals surface area contributed by atoms with Crippen LogP contribution in [0.3, 0.4) is 0 Å². The number of carbonyl (C=O) groups excluding carboxylic acids is 8. The third-order valence-electron chi connectivity index (χ3n) is 17.0. The molecule has 530 valence electrons. The number of ether oxygens (including phenoxy) is 3. The molecule has 0 saturated carbocycles. The molecule has 8 amide bonds. The SMILES string of the molecule is COCCCCCCCOc1ccc(-c2nnc(-c3ccc(C(=O)N[C@H]4C[C@H](O)CNC(=O)[C@@H]5[C@@H](O)[C@H](C)CN5C(=O)[C@H]([C@H](O)CCN5C(=O)OCC5CO)NC(=O)[C@H]([C@H](O)Cc5ccc(O)c(OSOO[O-])c5)NC(=O)[C@@H]5C[C@H](O)CN5C(=O)[C@H]([C@H](C)O)NC4=O)cc3)s2)cc1.[Na+]. The standard InChI is InChI=1S/C62H82N10O23S2.Na/c1-32-28-72-51(52(32)80)57(85)63-27-39(75)25-42(64-53(81)35-10-12-36(13-11-35)58-68-69-59(96-58)37-14-16-41(17-15-37)91-22-8-6-4-5-7-21-90-3)54(82)65-48(33(2)74)60(86)71-29-40(76)26-43(71)55(83)66-49(46(79)23-34-9-18-44(77)47(24-34)93-97-95-94-89)56(84)67-50(61(72)87)45(78)19-20-70-38(30-73)31-92-62(70)88;/h9-18,24,32-33,38-40,42-43,45-46,48-52,73-80,89H,4-8,19-23,25-31H2,1-3H3,(H,63,85)(H,64,81)(H,65,82)(H,66,83)(H,67,84);/q;+1/p-1/t32-,33+,38?,39+,40+,42+,43+,45-,46-,48+,49+,50+,51+,52+;/m1./s1. The molecule has 0 spiro atoms. The molecular formula is C62H81N10NaO23S2. The van der Waals surface area contributed by atoms with Gasteiger partial charge in [0.05, 0.1) is 55.9 Å². The van der Waals surface area contributed by atoms with Crippen LogP contribution >= 0.6 is 23.7 Å². The number of β-amino-alcohol motifs (C(OH)–C–C–N with tert-alkyl or cyclic N) is 1. The number of phenolic OH excluding ortho intramolecular Hbond substituents is 1. The van der Waals surface area contributed by atoms with Crippen molar-refractivity contribution in [3.63, 3.8) is 0 Å². The number of unbranched alkanes of at least 4 members (excludes halogenated alkanes) is 4. The Morgan fingerprint density at radius 3 is 2.09 bits per heavy atom. The van der Waals surface area contributed by atoms with Crippen LogP contribution in [0, 0.1) is 5.92 Å². The van der Waals surface area contributed by atoms with Gasteiger partial charge in [0.15, 0.2) is 11.5 Å². The zero-order valence-electron chi connectivity index (χ0n) is 54.2. The van der Waals surface area contributed by atoms with E-state index in [0.29, 0.717) is 27.9 Å². The van der Waals surface area contributed by atoms with Crippen LogP contribution in [0.2, 0.25) is 0 Å². The summed E-state index contributed by atoms with van der Waals surface area (Å²) in [6.07, 6.45) is -8.82. The van der Waals surface area contributed by atoms with Gasteiger partial charge in [-0.3, -0.25) is 43.5 Å². The quantitative estimate of drug-likeness (QED) is 0.00919. The van der Waals surface area contributed by atoms with Crippen LogP contribution in [-0.2, 0) is 54.0 Å². The predicted octanol–water partition coefficient (Wildman–Crippen LogP) is -5.13. The first kappa shape index (κ1) is 78.4. The van der Waals surface area contributed by atoms with E-state index in [1.54, 1.807) is 19.2 Å². The van der Waals surface area contributed by atoms with Crippen molar-refractivity contribution < 1.29 is 142 Å². The van der Waals surface area contributed by atoms with Crippen molar-refractivity contribution >= 4 is 71.1 Å². The Hall–Kier alpha value is -6.91. The maximum absolute atomic E-state index is 15.1. The third kappa shape index (κ3) is 20.6. The number of aliphatic hydroxyl groups excluding tert-OH is 7. The molecule has 4 aromatic rings. The molecule has 0 aliphatic carbocycles. The molecule has 8 rings (SSSR count). The number of aromatic nitrogens is 2. The van der Waals surface area contributed by atoms with Gasteiger partial charge in [0.25, 0.3) is 18.2 Å². The molecule has 0 radical (unpaired) electrons. The normalized spacial score (nSPS) is 25.3. The second-order valence-corrected chi connectivity index (χ2v) is 25.5. The first-order valence-electron chi connectivity index (χ1n) is 31.5. The van der Waals surface area contributed by atoms with Crippen LogP contribution in [-0.4, -0.2) is 252 Å². The first-order chi connectivity index (χ1) is 46.5. The van der Waals surface area contributed by atoms with Crippen LogP contribution < -0.4 is 70.3 Å². The maximum Gasteiger partial charge on any atom is 1.00 e. The summed E-state index contributed by atoms with van der Waals surface area (Å²) in [5.41, 5.74) is 1.43. The van der Waals surface area contributed by atoms with E-state index in [1.807, 2.05) is 24.3 Å². The summed E-state index contributed by atoms with van der Waals surface area (Å²) in [4.78, 5) is 118. The number of phenols is 1. The number of hydrogen-bond donors (Lipinski definition) is 13. The van der Waals surface area contributed by atoms with Gasteiger partial charge in [-0.15, -0.1) is 14.5 Å². The molecule has 4 aliphatic heterocycles. The number of carbonyl (C=O) groups is 8. The Bertz CT molecular complexity index is 3350. The first-order valence-corrected chi connectivity index (χ1v) is 33.0. The van der Waals surface area contributed by atoms with Crippen LogP contribution in [0.15, 0.2) is 66.7 Å². The van der Waals surface area contributed by atoms with Crippen molar-refractivity contribution in [2.75, 3.05) is 59.7 Å². The number of aromatic hydroxyl groups is 1. The van der Waals surface area contributed by atoms with Gasteiger partial charge in [-0.05, 0) is 80.3 Å². The molecule has 0 bridgehead atoms. The summed E-state index contributed by atoms with van der Waals surface area (Å²) >= 11 is 1.28. The number of rotatable bonds is 26. The molecule has 98 heavy (non-hydrogen) atoms. The molecule has 4 aliphatic rings. The second-order valence-electron chi connectivity index (χ2n) is 24.1. The fourth-order valence-corrected chi connectivity index (χ4v) is 12.8. The fraction of sp³-hybridized carbons (Fsp3) is 0.548. The Kier molecular flexibility index (Phi) is 30.0. The Labute approximate surface area is 593 Å². The summed E-state index contributed by atoms with van der Waals surface area (Å²) < 4.78 is 25.3. The summed E-state index contributed by atoms with van der Waals surface area (Å²) in [5.74, 6) is -9.22. The molecule has 33 nitrogen and oxygen atoms in total. The van der Waals surface area contributed by atoms with Crippen molar-refractivity contribution in [1.82, 2.24) is 51.5 Å². The monoisotopic (exact) mass is 1420 g/mol. The number of fused-ring (bicyclic) bond motifs is 2. The van der Waals surface area contributed by atoms with Gasteiger partial charge >= 0.3 is 35.7 Å². The van der Waals surface area contributed by atoms with Crippen molar-refractivity contribution in [3.05, 3.63) is 77.9 Å². The third-order valence-corrected chi connectivity index (χ3v) is 18.4. The molecule has 4 fully saturated rings. The number of benzene rings is 3. The van der Waals surface area contributed by atoms with Gasteiger partial charge in [-0.2, -0.15) is 0 Å². The van der Waals surface area contributed by atoms with Gasteiger partial charge in [0.2, 0.25) is 35.4 Å². The number of nitrogens with one attached hydrogen (secondary N) is 5. The summed E-state index contributed by atoms with van der Waals surface area (Å²) in [7, 11) is 1.69. The van der Waals surface area contributed by atoms with E-state index < -0.39 is 196 Å². The van der Waals surface area contributed by atoms with Crippen LogP contribution in [0.1, 0.15) is 81.1 Å². The summed E-state index contributed by atoms with van der Waals surface area (Å²) in [6, 6.07) is 4.40. The molecule has 14 atom stereocenters. The average molecular weight is 1420 g/mol. The van der Waals surface area contributed by atoms with Gasteiger partial charge in [0.1, 0.15) is 58.6 Å². The fourth-order valence-electron chi connectivity index (χ4n) is 11.7. The van der Waals surface area contributed by atoms with Crippen LogP contribution in [0.25, 0.3) is 21.1 Å². The van der Waals surface area contributed by atoms with E-state index in [-0.39, 0.29) is 65.4 Å². The van der Waals surface area contributed by atoms with E-state index in [4.69, 9.17) is 18.4 Å². The second kappa shape index (κ2) is 37.5. The average Bonchev–Trinajstić information content (AvgIpc) is 1.61. The van der Waals surface area contributed by atoms with Crippen molar-refractivity contribution in [2.24, 2.45) is 5.92 Å². The molecule has 13 N–H and O–H groups in total. The Morgan fingerprint density at radius 1 is 0.786 bits per heavy atom. The number of hydrogen-bond acceptors (Lipinski definition) is 27. The summed E-state index contributed by atoms with van der Waals surface area (Å²) in [6.45, 7) is 1.00. The number of cyclic esters (lactones) is 1. The molecular weight excluding hydrogens is 1340 g/mol. The predicted molar refractivity (Wildman–Crippen MR) is 338 cm³/mol. The zero-order valence-corrected chi connectivity index (χ0v) is 57.8. The molecule has 1 unspecified atom stereocenters. The molecule has 5 heterocycles. The Balaban J connectivity index is 0.0000135. The zero-order chi connectivity index (χ0) is 70.0. The summed E-state index contributed by atoms with van der Waals surface area (Å²) in [5, 5.41) is 126. The number of nitrogens with zero attached hydrogens (tertiary/aromatic N) is 5. The van der Waals surface area contributed by atoms with Crippen molar-refractivity contribution in [1.29, 1.82) is 0 Å². The van der Waals surface area contributed by atoms with E-state index in [1.165, 1.54) is 36.5 Å². The minimum atomic E-state index is -2.21. The number of methoxy groups -OCH3 is 1. The molecule has 36 heteroatoms. The van der Waals surface area contributed by atoms with Gasteiger partial charge in [-0.25, -0.2) is 4.79 Å². The molecule has 3 aromatic carbocycles. The Morgan fingerprint density at radius 2 is 1.43 bits per heavy atom. The minimum absolute atomic E-state index is 0. The van der Waals surface area contributed by atoms with E-state index in [9.17, 15) is 79.7 Å². The van der Waals surface area contributed by atoms with Gasteiger partial charge in [-0.1, -0.05) is 55.7 Å². The van der Waals surface area contributed by atoms with Gasteiger partial charge < -0.3 is 101 Å². The largest absolute Gasteiger partial charge is 1.00 e. The van der Waals surface area contributed by atoms with Crippen LogP contribution in [0.5, 0.6) is 17.2 Å². The van der Waals surface area contributed by atoms with Crippen LogP contribution in [0.4, 0.5) is 4.79 Å². The number of amides is 8. The smallest absolute Gasteiger partial charge is 0.691 e. The van der Waals surface area contributed by atoms with E-state index >= 15 is 4.79 Å².